The number of aliphatic hydroxyl groups excluding tert-OH is 1. The van der Waals surface area contributed by atoms with Gasteiger partial charge in [0.15, 0.2) is 0 Å². The Balaban J connectivity index is 1.37. The Morgan fingerprint density at radius 2 is 1.93 bits per heavy atom. The Bertz CT molecular complexity index is 836. The van der Waals surface area contributed by atoms with Crippen molar-refractivity contribution >= 4 is 17.5 Å². The van der Waals surface area contributed by atoms with Crippen molar-refractivity contribution in [1.82, 2.24) is 14.9 Å². The molecule has 0 spiro atoms. The summed E-state index contributed by atoms with van der Waals surface area (Å²) in [4.78, 5) is 26.8. The van der Waals surface area contributed by atoms with E-state index >= 15 is 0 Å². The highest BCUT2D eigenvalue weighted by atomic mass is 16.3. The molecule has 7 nitrogen and oxygen atoms in total. The highest BCUT2D eigenvalue weighted by Gasteiger charge is 2.29. The van der Waals surface area contributed by atoms with Crippen LogP contribution in [-0.2, 0) is 11.2 Å². The van der Waals surface area contributed by atoms with Crippen LogP contribution in [0.25, 0.3) is 0 Å². The second-order valence-electron chi connectivity index (χ2n) is 7.68. The van der Waals surface area contributed by atoms with E-state index in [1.54, 1.807) is 19.3 Å². The molecule has 7 heteroatoms. The number of aliphatic hydroxyl groups is 1. The fraction of sp³-hybridized carbons (Fsp3) is 0.476. The van der Waals surface area contributed by atoms with Gasteiger partial charge in [-0.2, -0.15) is 0 Å². The molecule has 4 rings (SSSR count). The summed E-state index contributed by atoms with van der Waals surface area (Å²) in [6.45, 7) is 7.72. The molecule has 0 saturated carbocycles. The van der Waals surface area contributed by atoms with Crippen molar-refractivity contribution in [1.29, 1.82) is 0 Å². The summed E-state index contributed by atoms with van der Waals surface area (Å²) in [7, 11) is 0. The minimum absolute atomic E-state index is 0.0693. The summed E-state index contributed by atoms with van der Waals surface area (Å²) in [6.07, 6.45) is 3.83. The van der Waals surface area contributed by atoms with Gasteiger partial charge in [0.25, 0.3) is 0 Å². The molecule has 1 aromatic carbocycles. The number of aromatic nitrogens is 2. The van der Waals surface area contributed by atoms with Gasteiger partial charge in [-0.3, -0.25) is 9.69 Å². The van der Waals surface area contributed by atoms with Crippen molar-refractivity contribution in [2.75, 3.05) is 42.5 Å². The topological polar surface area (TPSA) is 72.8 Å². The summed E-state index contributed by atoms with van der Waals surface area (Å²) in [5.74, 6) is 0.838. The van der Waals surface area contributed by atoms with E-state index in [1.165, 1.54) is 0 Å². The van der Waals surface area contributed by atoms with Crippen LogP contribution in [0.5, 0.6) is 0 Å². The number of piperazine rings is 1. The van der Waals surface area contributed by atoms with Crippen molar-refractivity contribution in [2.24, 2.45) is 0 Å². The number of β-amino-alcohol motifs (C(OH)–C–C–N with tert-alkyl or cyclic N) is 1. The van der Waals surface area contributed by atoms with E-state index in [1.807, 2.05) is 23.1 Å². The molecule has 1 aromatic heterocycles. The molecule has 3 heterocycles. The first-order valence-electron chi connectivity index (χ1n) is 9.88. The number of anilines is 2. The zero-order chi connectivity index (χ0) is 19.7. The zero-order valence-corrected chi connectivity index (χ0v) is 16.5. The molecule has 1 fully saturated rings. The van der Waals surface area contributed by atoms with Crippen molar-refractivity contribution < 1.29 is 9.90 Å². The number of nitrogens with zero attached hydrogens (tertiary/aromatic N) is 5. The fourth-order valence-electron chi connectivity index (χ4n) is 4.27. The second kappa shape index (κ2) is 7.85. The van der Waals surface area contributed by atoms with Gasteiger partial charge in [0.1, 0.15) is 0 Å². The predicted octanol–water partition coefficient (Wildman–Crippen LogP) is 1.63. The summed E-state index contributed by atoms with van der Waals surface area (Å²) in [6, 6.07) is 7.99. The standard InChI is InChI=1S/C21H27N5O2/c1-15-12-18-13-17(4-5-19(18)26(15)16(2)27)20(28)14-24-8-10-25(11-9-24)21-22-6-3-7-23-21/h3-7,13,15,20,28H,8-12,14H2,1-2H3/t15-,20-/m1/s1. The Hall–Kier alpha value is -2.51. The maximum absolute atomic E-state index is 11.9. The summed E-state index contributed by atoms with van der Waals surface area (Å²) in [5, 5.41) is 10.8. The zero-order valence-electron chi connectivity index (χ0n) is 16.5. The van der Waals surface area contributed by atoms with Gasteiger partial charge in [0.2, 0.25) is 11.9 Å². The van der Waals surface area contributed by atoms with Crippen LogP contribution in [0.3, 0.4) is 0 Å². The number of hydrogen-bond acceptors (Lipinski definition) is 6. The Labute approximate surface area is 165 Å². The quantitative estimate of drug-likeness (QED) is 0.868. The van der Waals surface area contributed by atoms with Crippen molar-refractivity contribution in [3.63, 3.8) is 0 Å². The van der Waals surface area contributed by atoms with Crippen LogP contribution in [-0.4, -0.2) is 64.6 Å². The molecule has 0 aliphatic carbocycles. The van der Waals surface area contributed by atoms with Crippen molar-refractivity contribution in [2.45, 2.75) is 32.4 Å². The van der Waals surface area contributed by atoms with Gasteiger partial charge in [-0.25, -0.2) is 9.97 Å². The minimum atomic E-state index is -0.536. The molecule has 148 valence electrons. The Morgan fingerprint density at radius 1 is 1.21 bits per heavy atom. The molecule has 0 bridgehead atoms. The van der Waals surface area contributed by atoms with Gasteiger partial charge < -0.3 is 14.9 Å². The van der Waals surface area contributed by atoms with Gasteiger partial charge in [0, 0.05) is 63.8 Å². The van der Waals surface area contributed by atoms with Gasteiger partial charge in [-0.05, 0) is 36.6 Å². The normalized spacial score (nSPS) is 20.9. The average molecular weight is 381 g/mol. The summed E-state index contributed by atoms with van der Waals surface area (Å²) in [5.41, 5.74) is 3.04. The van der Waals surface area contributed by atoms with E-state index in [4.69, 9.17) is 0 Å². The largest absolute Gasteiger partial charge is 0.387 e. The van der Waals surface area contributed by atoms with Gasteiger partial charge in [0.05, 0.1) is 6.10 Å². The molecule has 0 unspecified atom stereocenters. The maximum atomic E-state index is 11.9. The molecule has 2 aliphatic heterocycles. The highest BCUT2D eigenvalue weighted by molar-refractivity contribution is 5.94. The number of rotatable bonds is 4. The number of hydrogen-bond donors (Lipinski definition) is 1. The van der Waals surface area contributed by atoms with Gasteiger partial charge in [-0.1, -0.05) is 12.1 Å². The number of fused-ring (bicyclic) bond motifs is 1. The number of carbonyl (C=O) groups excluding carboxylic acids is 1. The van der Waals surface area contributed by atoms with Crippen molar-refractivity contribution in [3.05, 3.63) is 47.8 Å². The lowest BCUT2D eigenvalue weighted by molar-refractivity contribution is -0.116. The first kappa shape index (κ1) is 18.8. The maximum Gasteiger partial charge on any atom is 0.225 e. The number of carbonyl (C=O) groups is 1. The third-order valence-corrected chi connectivity index (χ3v) is 5.68. The molecular formula is C21H27N5O2. The van der Waals surface area contributed by atoms with Crippen LogP contribution in [0.2, 0.25) is 0 Å². The third kappa shape index (κ3) is 3.72. The molecule has 1 saturated heterocycles. The number of amides is 1. The summed E-state index contributed by atoms with van der Waals surface area (Å²) >= 11 is 0. The smallest absolute Gasteiger partial charge is 0.225 e. The Kier molecular flexibility index (Phi) is 5.28. The molecular weight excluding hydrogens is 354 g/mol. The lowest BCUT2D eigenvalue weighted by atomic mass is 10.0. The van der Waals surface area contributed by atoms with Crippen LogP contribution in [0, 0.1) is 0 Å². The van der Waals surface area contributed by atoms with E-state index in [0.717, 1.165) is 55.4 Å². The molecule has 28 heavy (non-hydrogen) atoms. The first-order chi connectivity index (χ1) is 13.5. The number of benzene rings is 1. The third-order valence-electron chi connectivity index (χ3n) is 5.68. The van der Waals surface area contributed by atoms with Crippen molar-refractivity contribution in [3.8, 4) is 0 Å². The highest BCUT2D eigenvalue weighted by Crippen LogP contribution is 2.34. The van der Waals surface area contributed by atoms with Crippen LogP contribution >= 0.6 is 0 Å². The van der Waals surface area contributed by atoms with E-state index in [2.05, 4.69) is 32.8 Å². The SMILES string of the molecule is CC(=O)N1c2ccc([C@H](O)CN3CCN(c4ncccn4)CC3)cc2C[C@H]1C. The molecule has 2 aliphatic rings. The molecule has 1 N–H and O–H groups in total. The van der Waals surface area contributed by atoms with Crippen LogP contribution in [0.4, 0.5) is 11.6 Å². The average Bonchev–Trinajstić information content (AvgIpc) is 3.04. The van der Waals surface area contributed by atoms with Crippen LogP contribution < -0.4 is 9.80 Å². The fourth-order valence-corrected chi connectivity index (χ4v) is 4.27. The van der Waals surface area contributed by atoms with E-state index < -0.39 is 6.10 Å². The minimum Gasteiger partial charge on any atom is -0.387 e. The Morgan fingerprint density at radius 3 is 2.61 bits per heavy atom. The monoisotopic (exact) mass is 381 g/mol. The molecule has 0 radical (unpaired) electrons. The van der Waals surface area contributed by atoms with E-state index in [0.29, 0.717) is 6.54 Å². The van der Waals surface area contributed by atoms with E-state index in [-0.39, 0.29) is 11.9 Å². The lowest BCUT2D eigenvalue weighted by Crippen LogP contribution is -2.48. The van der Waals surface area contributed by atoms with E-state index in [9.17, 15) is 9.90 Å². The lowest BCUT2D eigenvalue weighted by Gasteiger charge is -2.35. The van der Waals surface area contributed by atoms with Gasteiger partial charge in [-0.15, -0.1) is 0 Å². The molecule has 1 amide bonds. The molecule has 2 aromatic rings. The predicted molar refractivity (Wildman–Crippen MR) is 108 cm³/mol. The first-order valence-corrected chi connectivity index (χ1v) is 9.88. The molecule has 2 atom stereocenters. The van der Waals surface area contributed by atoms with Crippen LogP contribution in [0.1, 0.15) is 31.1 Å². The summed E-state index contributed by atoms with van der Waals surface area (Å²) < 4.78 is 0. The van der Waals surface area contributed by atoms with Gasteiger partial charge >= 0.3 is 0 Å². The van der Waals surface area contributed by atoms with Crippen LogP contribution in [0.15, 0.2) is 36.7 Å². The second-order valence-corrected chi connectivity index (χ2v) is 7.68.